The van der Waals surface area contributed by atoms with Crippen molar-refractivity contribution in [1.29, 1.82) is 5.26 Å². The summed E-state index contributed by atoms with van der Waals surface area (Å²) in [4.78, 5) is 12.7. The van der Waals surface area contributed by atoms with E-state index in [0.29, 0.717) is 27.8 Å². The average Bonchev–Trinajstić information content (AvgIpc) is 2.88. The van der Waals surface area contributed by atoms with Gasteiger partial charge in [0.2, 0.25) is 0 Å². The fourth-order valence-corrected chi connectivity index (χ4v) is 4.19. The van der Waals surface area contributed by atoms with Crippen molar-refractivity contribution in [3.05, 3.63) is 105 Å². The van der Waals surface area contributed by atoms with Crippen LogP contribution in [0.25, 0.3) is 16.8 Å². The highest BCUT2D eigenvalue weighted by Gasteiger charge is 2.15. The van der Waals surface area contributed by atoms with E-state index in [1.807, 2.05) is 48.5 Å². The molecular weight excluding hydrogens is 519 g/mol. The van der Waals surface area contributed by atoms with Crippen LogP contribution in [0.15, 0.2) is 78.4 Å². The van der Waals surface area contributed by atoms with Crippen molar-refractivity contribution < 1.29 is 14.3 Å². The second-order valence-electron chi connectivity index (χ2n) is 7.71. The van der Waals surface area contributed by atoms with Crippen molar-refractivity contribution in [2.45, 2.75) is 6.61 Å². The number of anilines is 1. The Morgan fingerprint density at radius 2 is 1.75 bits per heavy atom. The summed E-state index contributed by atoms with van der Waals surface area (Å²) in [5.41, 5.74) is 1.77. The first-order valence-corrected chi connectivity index (χ1v) is 11.9. The molecule has 0 atom stereocenters. The zero-order valence-electron chi connectivity index (χ0n) is 19.0. The van der Waals surface area contributed by atoms with Crippen LogP contribution >= 0.6 is 34.8 Å². The highest BCUT2D eigenvalue weighted by Crippen LogP contribution is 2.38. The van der Waals surface area contributed by atoms with Gasteiger partial charge in [-0.1, -0.05) is 77.3 Å². The minimum Gasteiger partial charge on any atom is -0.493 e. The zero-order valence-corrected chi connectivity index (χ0v) is 21.3. The van der Waals surface area contributed by atoms with Crippen molar-refractivity contribution in [1.82, 2.24) is 0 Å². The van der Waals surface area contributed by atoms with Gasteiger partial charge in [0.25, 0.3) is 5.91 Å². The fraction of sp³-hybridized carbons (Fsp3) is 0.0714. The van der Waals surface area contributed by atoms with Gasteiger partial charge in [0.15, 0.2) is 11.5 Å². The maximum atomic E-state index is 12.7. The van der Waals surface area contributed by atoms with Crippen molar-refractivity contribution in [3.63, 3.8) is 0 Å². The van der Waals surface area contributed by atoms with Crippen molar-refractivity contribution >= 4 is 63.2 Å². The Hall–Kier alpha value is -3.69. The molecule has 0 fully saturated rings. The van der Waals surface area contributed by atoms with E-state index in [4.69, 9.17) is 44.3 Å². The van der Waals surface area contributed by atoms with E-state index in [9.17, 15) is 10.1 Å². The van der Waals surface area contributed by atoms with E-state index < -0.39 is 5.91 Å². The molecule has 0 unspecified atom stereocenters. The number of benzene rings is 4. The minimum atomic E-state index is -0.609. The third-order valence-electron chi connectivity index (χ3n) is 5.36. The molecule has 0 aromatic heterocycles. The number of nitriles is 1. The molecule has 4 aromatic carbocycles. The summed E-state index contributed by atoms with van der Waals surface area (Å²) in [6, 6.07) is 23.8. The van der Waals surface area contributed by atoms with Crippen LogP contribution < -0.4 is 14.8 Å². The quantitative estimate of drug-likeness (QED) is 0.192. The Bertz CT molecular complexity index is 1520. The van der Waals surface area contributed by atoms with E-state index in [2.05, 4.69) is 5.32 Å². The maximum absolute atomic E-state index is 12.7. The van der Waals surface area contributed by atoms with Gasteiger partial charge in [-0.3, -0.25) is 4.79 Å². The van der Waals surface area contributed by atoms with Crippen LogP contribution in [0.5, 0.6) is 11.5 Å². The number of methoxy groups -OCH3 is 1. The summed E-state index contributed by atoms with van der Waals surface area (Å²) >= 11 is 18.4. The van der Waals surface area contributed by atoms with Crippen LogP contribution in [0.1, 0.15) is 11.1 Å². The van der Waals surface area contributed by atoms with Gasteiger partial charge in [-0.25, -0.2) is 0 Å². The Labute approximate surface area is 223 Å². The number of carbonyl (C=O) groups is 1. The van der Waals surface area contributed by atoms with Gasteiger partial charge in [-0.2, -0.15) is 5.26 Å². The van der Waals surface area contributed by atoms with Gasteiger partial charge in [0.1, 0.15) is 18.2 Å². The number of amides is 1. The first-order chi connectivity index (χ1) is 17.4. The predicted molar refractivity (Wildman–Crippen MR) is 145 cm³/mol. The monoisotopic (exact) mass is 536 g/mol. The van der Waals surface area contributed by atoms with Gasteiger partial charge in [-0.15, -0.1) is 0 Å². The molecule has 0 saturated heterocycles. The van der Waals surface area contributed by atoms with Gasteiger partial charge >= 0.3 is 0 Å². The molecule has 8 heteroatoms. The third kappa shape index (κ3) is 5.75. The molecule has 0 heterocycles. The summed E-state index contributed by atoms with van der Waals surface area (Å²) in [7, 11) is 1.49. The molecule has 0 spiro atoms. The van der Waals surface area contributed by atoms with Crippen LogP contribution in [-0.4, -0.2) is 13.0 Å². The van der Waals surface area contributed by atoms with E-state index in [1.54, 1.807) is 24.3 Å². The maximum Gasteiger partial charge on any atom is 0.266 e. The molecule has 1 N–H and O–H groups in total. The van der Waals surface area contributed by atoms with Crippen LogP contribution in [-0.2, 0) is 11.4 Å². The SMILES string of the molecule is COc1cc(/C=C(\C#N)C(=O)Nc2ccc(Cl)c(Cl)c2)cc(Cl)c1OCc1cccc2ccccc12. The summed E-state index contributed by atoms with van der Waals surface area (Å²) in [6.45, 7) is 0.280. The summed E-state index contributed by atoms with van der Waals surface area (Å²) in [6.07, 6.45) is 1.41. The number of rotatable bonds is 7. The van der Waals surface area contributed by atoms with E-state index >= 15 is 0 Å². The number of fused-ring (bicyclic) bond motifs is 1. The first-order valence-electron chi connectivity index (χ1n) is 10.7. The Balaban J connectivity index is 1.56. The Kier molecular flexibility index (Phi) is 8.02. The van der Waals surface area contributed by atoms with Gasteiger partial charge in [-0.05, 0) is 58.3 Å². The van der Waals surface area contributed by atoms with Crippen LogP contribution in [0, 0.1) is 11.3 Å². The van der Waals surface area contributed by atoms with Gasteiger partial charge < -0.3 is 14.8 Å². The lowest BCUT2D eigenvalue weighted by Crippen LogP contribution is -2.13. The first kappa shape index (κ1) is 25.4. The third-order valence-corrected chi connectivity index (χ3v) is 6.38. The summed E-state index contributed by atoms with van der Waals surface area (Å²) < 4.78 is 11.5. The predicted octanol–water partition coefficient (Wildman–Crippen LogP) is 7.93. The van der Waals surface area contributed by atoms with Crippen LogP contribution in [0.4, 0.5) is 5.69 Å². The molecule has 180 valence electrons. The summed E-state index contributed by atoms with van der Waals surface area (Å²) in [5.74, 6) is 0.126. The molecule has 1 amide bonds. The van der Waals surface area contributed by atoms with E-state index in [1.165, 1.54) is 19.3 Å². The Morgan fingerprint density at radius 1 is 0.972 bits per heavy atom. The molecule has 0 aliphatic rings. The lowest BCUT2D eigenvalue weighted by Gasteiger charge is -2.14. The van der Waals surface area contributed by atoms with E-state index in [0.717, 1.165) is 16.3 Å². The molecule has 36 heavy (non-hydrogen) atoms. The minimum absolute atomic E-state index is 0.136. The number of hydrogen-bond donors (Lipinski definition) is 1. The molecule has 0 aliphatic carbocycles. The molecule has 4 rings (SSSR count). The lowest BCUT2D eigenvalue weighted by atomic mass is 10.1. The topological polar surface area (TPSA) is 71.3 Å². The molecule has 0 radical (unpaired) electrons. The van der Waals surface area contributed by atoms with Gasteiger partial charge in [0.05, 0.1) is 22.2 Å². The van der Waals surface area contributed by atoms with Gasteiger partial charge in [0, 0.05) is 5.69 Å². The van der Waals surface area contributed by atoms with E-state index in [-0.39, 0.29) is 22.2 Å². The zero-order chi connectivity index (χ0) is 25.7. The van der Waals surface area contributed by atoms with Crippen molar-refractivity contribution in [2.75, 3.05) is 12.4 Å². The standard InChI is InChI=1S/C28H19Cl3N2O3/c1-35-26-13-17(11-20(15-32)28(34)33-21-9-10-23(29)24(30)14-21)12-25(31)27(26)36-16-19-7-4-6-18-5-2-3-8-22(18)19/h2-14H,16H2,1H3,(H,33,34)/b20-11+. The number of ether oxygens (including phenoxy) is 2. The number of halogens is 3. The largest absolute Gasteiger partial charge is 0.493 e. The number of nitrogens with zero attached hydrogens (tertiary/aromatic N) is 1. The molecule has 0 aliphatic heterocycles. The molecule has 0 saturated carbocycles. The number of hydrogen-bond acceptors (Lipinski definition) is 4. The highest BCUT2D eigenvalue weighted by atomic mass is 35.5. The second-order valence-corrected chi connectivity index (χ2v) is 8.94. The van der Waals surface area contributed by atoms with Crippen molar-refractivity contribution in [3.8, 4) is 17.6 Å². The normalized spacial score (nSPS) is 11.1. The van der Waals surface area contributed by atoms with Crippen LogP contribution in [0.2, 0.25) is 15.1 Å². The molecule has 0 bridgehead atoms. The molecule has 4 aromatic rings. The fourth-order valence-electron chi connectivity index (χ4n) is 3.62. The second kappa shape index (κ2) is 11.4. The highest BCUT2D eigenvalue weighted by molar-refractivity contribution is 6.42. The van der Waals surface area contributed by atoms with Crippen LogP contribution in [0.3, 0.4) is 0 Å². The van der Waals surface area contributed by atoms with Crippen molar-refractivity contribution in [2.24, 2.45) is 0 Å². The molecular formula is C28H19Cl3N2O3. The smallest absolute Gasteiger partial charge is 0.266 e. The average molecular weight is 538 g/mol. The molecule has 5 nitrogen and oxygen atoms in total. The summed E-state index contributed by atoms with van der Waals surface area (Å²) in [5, 5.41) is 15.3. The number of carbonyl (C=O) groups excluding carboxylic acids is 1. The lowest BCUT2D eigenvalue weighted by molar-refractivity contribution is -0.112. The Morgan fingerprint density at radius 3 is 2.50 bits per heavy atom. The number of nitrogens with one attached hydrogen (secondary N) is 1.